The van der Waals surface area contributed by atoms with Crippen molar-refractivity contribution in [2.75, 3.05) is 5.32 Å². The van der Waals surface area contributed by atoms with Gasteiger partial charge >= 0.3 is 0 Å². The number of fused-ring (bicyclic) bond motifs is 1. The molecule has 3 aromatic carbocycles. The number of halogens is 1. The maximum atomic E-state index is 13.0. The Morgan fingerprint density at radius 1 is 0.853 bits per heavy atom. The summed E-state index contributed by atoms with van der Waals surface area (Å²) in [5.74, 6) is -0.0182. The Morgan fingerprint density at radius 3 is 2.38 bits per heavy atom. The number of pyridine rings is 1. The summed E-state index contributed by atoms with van der Waals surface area (Å²) in [6.45, 7) is 2.91. The van der Waals surface area contributed by atoms with Gasteiger partial charge in [0.05, 0.1) is 0 Å². The summed E-state index contributed by atoms with van der Waals surface area (Å²) >= 11 is 0. The second-order valence-electron chi connectivity index (χ2n) is 8.59. The largest absolute Gasteiger partial charge is 1.00 e. The van der Waals surface area contributed by atoms with Crippen LogP contribution in [-0.2, 0) is 17.8 Å². The highest BCUT2D eigenvalue weighted by molar-refractivity contribution is 6.07. The van der Waals surface area contributed by atoms with Crippen LogP contribution in [0.15, 0.2) is 103 Å². The van der Waals surface area contributed by atoms with Crippen LogP contribution in [0.5, 0.6) is 0 Å². The number of hydrogen-bond donors (Lipinski definition) is 1. The summed E-state index contributed by atoms with van der Waals surface area (Å²) in [5.41, 5.74) is 8.87. The van der Waals surface area contributed by atoms with E-state index in [4.69, 9.17) is 0 Å². The fraction of sp³-hybridized carbons (Fsp3) is 0.133. The van der Waals surface area contributed by atoms with E-state index in [0.717, 1.165) is 36.2 Å². The van der Waals surface area contributed by atoms with Crippen molar-refractivity contribution in [1.82, 2.24) is 0 Å². The maximum absolute atomic E-state index is 13.0. The number of aryl methyl sites for hydroxylation is 2. The predicted molar refractivity (Wildman–Crippen MR) is 134 cm³/mol. The van der Waals surface area contributed by atoms with Crippen molar-refractivity contribution < 1.29 is 21.8 Å². The van der Waals surface area contributed by atoms with E-state index in [1.54, 1.807) is 0 Å². The minimum Gasteiger partial charge on any atom is -1.00 e. The van der Waals surface area contributed by atoms with Crippen LogP contribution >= 0.6 is 0 Å². The molecule has 1 aliphatic rings. The SMILES string of the molecule is Cc1cc(NC(=O)C2=Cc3cc(-c4ccccc4)ccc3CC2)ccc1C[n+]1ccccc1.[Cl-]. The van der Waals surface area contributed by atoms with Crippen molar-refractivity contribution in [3.05, 3.63) is 125 Å². The average Bonchev–Trinajstić information content (AvgIpc) is 2.86. The highest BCUT2D eigenvalue weighted by Crippen LogP contribution is 2.29. The van der Waals surface area contributed by atoms with Gasteiger partial charge in [-0.15, -0.1) is 0 Å². The lowest BCUT2D eigenvalue weighted by Gasteiger charge is -2.18. The summed E-state index contributed by atoms with van der Waals surface area (Å²) in [4.78, 5) is 13.0. The Labute approximate surface area is 207 Å². The smallest absolute Gasteiger partial charge is 0.251 e. The monoisotopic (exact) mass is 466 g/mol. The molecule has 0 atom stereocenters. The third kappa shape index (κ3) is 5.27. The highest BCUT2D eigenvalue weighted by Gasteiger charge is 2.17. The lowest BCUT2D eigenvalue weighted by Crippen LogP contribution is -3.00. The fourth-order valence-electron chi connectivity index (χ4n) is 4.37. The molecule has 0 aliphatic heterocycles. The molecule has 1 aromatic heterocycles. The molecule has 34 heavy (non-hydrogen) atoms. The van der Waals surface area contributed by atoms with Crippen LogP contribution in [0.3, 0.4) is 0 Å². The Kier molecular flexibility index (Phi) is 7.24. The van der Waals surface area contributed by atoms with E-state index in [1.165, 1.54) is 27.8 Å². The van der Waals surface area contributed by atoms with Gasteiger partial charge in [0.25, 0.3) is 5.91 Å². The van der Waals surface area contributed by atoms with Crippen molar-refractivity contribution in [2.24, 2.45) is 0 Å². The van der Waals surface area contributed by atoms with Crippen molar-refractivity contribution in [3.63, 3.8) is 0 Å². The number of benzene rings is 3. The van der Waals surface area contributed by atoms with Crippen LogP contribution in [0.25, 0.3) is 17.2 Å². The van der Waals surface area contributed by atoms with Gasteiger partial charge in [0.15, 0.2) is 18.9 Å². The van der Waals surface area contributed by atoms with E-state index in [0.29, 0.717) is 0 Å². The van der Waals surface area contributed by atoms with E-state index in [-0.39, 0.29) is 18.3 Å². The van der Waals surface area contributed by atoms with Gasteiger partial charge in [-0.05, 0) is 71.9 Å². The molecule has 4 aromatic rings. The molecule has 0 fully saturated rings. The molecule has 3 nitrogen and oxygen atoms in total. The van der Waals surface area contributed by atoms with E-state index >= 15 is 0 Å². The zero-order chi connectivity index (χ0) is 22.6. The Morgan fingerprint density at radius 2 is 1.62 bits per heavy atom. The minimum absolute atomic E-state index is 0. The highest BCUT2D eigenvalue weighted by atomic mass is 35.5. The average molecular weight is 467 g/mol. The number of nitrogens with one attached hydrogen (secondary N) is 1. The first-order chi connectivity index (χ1) is 16.2. The Balaban J connectivity index is 0.00000274. The Bertz CT molecular complexity index is 1330. The number of nitrogens with zero attached hydrogens (tertiary/aromatic N) is 1. The summed E-state index contributed by atoms with van der Waals surface area (Å²) in [7, 11) is 0. The van der Waals surface area contributed by atoms with Crippen molar-refractivity contribution >= 4 is 17.7 Å². The summed E-state index contributed by atoms with van der Waals surface area (Å²) < 4.78 is 2.15. The molecule has 4 heteroatoms. The van der Waals surface area contributed by atoms with Crippen molar-refractivity contribution in [1.29, 1.82) is 0 Å². The molecular weight excluding hydrogens is 440 g/mol. The molecular formula is C30H27ClN2O. The van der Waals surface area contributed by atoms with Gasteiger partial charge in [0.1, 0.15) is 0 Å². The maximum Gasteiger partial charge on any atom is 0.251 e. The molecule has 0 bridgehead atoms. The van der Waals surface area contributed by atoms with Crippen LogP contribution in [0.1, 0.15) is 28.7 Å². The number of amides is 1. The fourth-order valence-corrected chi connectivity index (χ4v) is 4.37. The van der Waals surface area contributed by atoms with E-state index in [9.17, 15) is 4.79 Å². The number of anilines is 1. The molecule has 1 aliphatic carbocycles. The number of rotatable bonds is 5. The van der Waals surface area contributed by atoms with Gasteiger partial charge < -0.3 is 17.7 Å². The lowest BCUT2D eigenvalue weighted by atomic mass is 9.89. The van der Waals surface area contributed by atoms with Gasteiger partial charge in [0, 0.05) is 29.0 Å². The van der Waals surface area contributed by atoms with Crippen LogP contribution in [0, 0.1) is 6.92 Å². The number of carbonyl (C=O) groups is 1. The normalized spacial score (nSPS) is 12.2. The van der Waals surface area contributed by atoms with Gasteiger partial charge in [-0.1, -0.05) is 54.6 Å². The van der Waals surface area contributed by atoms with E-state index < -0.39 is 0 Å². The number of carbonyl (C=O) groups excluding carboxylic acids is 1. The molecule has 5 rings (SSSR count). The van der Waals surface area contributed by atoms with Gasteiger partial charge in [-0.25, -0.2) is 4.57 Å². The second-order valence-corrected chi connectivity index (χ2v) is 8.59. The van der Waals surface area contributed by atoms with Gasteiger partial charge in [-0.3, -0.25) is 4.79 Å². The third-order valence-electron chi connectivity index (χ3n) is 6.27. The van der Waals surface area contributed by atoms with Gasteiger partial charge in [-0.2, -0.15) is 0 Å². The molecule has 0 radical (unpaired) electrons. The topological polar surface area (TPSA) is 33.0 Å². The van der Waals surface area contributed by atoms with Crippen LogP contribution in [0.4, 0.5) is 5.69 Å². The first-order valence-corrected chi connectivity index (χ1v) is 11.4. The summed E-state index contributed by atoms with van der Waals surface area (Å²) in [6, 6.07) is 29.1. The first kappa shape index (κ1) is 23.5. The minimum atomic E-state index is -0.0182. The first-order valence-electron chi connectivity index (χ1n) is 11.4. The molecule has 1 amide bonds. The van der Waals surface area contributed by atoms with Crippen LogP contribution < -0.4 is 22.3 Å². The summed E-state index contributed by atoms with van der Waals surface area (Å²) in [5, 5.41) is 3.11. The molecule has 1 N–H and O–H groups in total. The molecule has 0 unspecified atom stereocenters. The van der Waals surface area contributed by atoms with Crippen LogP contribution in [0.2, 0.25) is 0 Å². The summed E-state index contributed by atoms with van der Waals surface area (Å²) in [6.07, 6.45) is 7.81. The molecule has 0 spiro atoms. The third-order valence-corrected chi connectivity index (χ3v) is 6.27. The standard InChI is InChI=1S/C30H26N2O.ClH/c1-22-18-29(15-14-27(22)21-32-16-6-3-7-17-32)31-30(33)26-13-11-24-10-12-25(19-28(24)20-26)23-8-4-2-5-9-23;/h2-10,12,14-20H,11,13,21H2,1H3;1H. The quantitative estimate of drug-likeness (QED) is 0.451. The van der Waals surface area contributed by atoms with E-state index in [2.05, 4.69) is 83.8 Å². The zero-order valence-corrected chi connectivity index (χ0v) is 19.9. The van der Waals surface area contributed by atoms with Crippen molar-refractivity contribution in [2.45, 2.75) is 26.3 Å². The number of hydrogen-bond acceptors (Lipinski definition) is 1. The molecule has 0 saturated heterocycles. The van der Waals surface area contributed by atoms with Crippen LogP contribution in [-0.4, -0.2) is 5.91 Å². The number of aromatic nitrogens is 1. The molecule has 0 saturated carbocycles. The van der Waals surface area contributed by atoms with E-state index in [1.807, 2.05) is 36.4 Å². The zero-order valence-electron chi connectivity index (χ0n) is 19.2. The molecule has 1 heterocycles. The second kappa shape index (κ2) is 10.5. The predicted octanol–water partition coefficient (Wildman–Crippen LogP) is 2.97. The van der Waals surface area contributed by atoms with Gasteiger partial charge in [0.2, 0.25) is 0 Å². The Hall–Kier alpha value is -3.69. The molecule has 170 valence electrons. The van der Waals surface area contributed by atoms with Crippen molar-refractivity contribution in [3.8, 4) is 11.1 Å². The lowest BCUT2D eigenvalue weighted by molar-refractivity contribution is -0.688.